The van der Waals surface area contributed by atoms with Gasteiger partial charge in [-0.1, -0.05) is 12.8 Å². The van der Waals surface area contributed by atoms with Crippen LogP contribution in [0.3, 0.4) is 0 Å². The summed E-state index contributed by atoms with van der Waals surface area (Å²) < 4.78 is 0. The maximum Gasteiger partial charge on any atom is 0.223 e. The van der Waals surface area contributed by atoms with Crippen molar-refractivity contribution in [2.45, 2.75) is 38.5 Å². The summed E-state index contributed by atoms with van der Waals surface area (Å²) >= 11 is 0. The van der Waals surface area contributed by atoms with Crippen molar-refractivity contribution in [3.05, 3.63) is 0 Å². The maximum absolute atomic E-state index is 11.5. The van der Waals surface area contributed by atoms with Crippen LogP contribution in [0.25, 0.3) is 0 Å². The first-order valence-corrected chi connectivity index (χ1v) is 5.15. The third-order valence-electron chi connectivity index (χ3n) is 3.30. The largest absolute Gasteiger partial charge is 0.356 e. The summed E-state index contributed by atoms with van der Waals surface area (Å²) in [4.78, 5) is 11.5. The van der Waals surface area contributed by atoms with Crippen molar-refractivity contribution in [3.63, 3.8) is 0 Å². The summed E-state index contributed by atoms with van der Waals surface area (Å²) in [6, 6.07) is 0. The standard InChI is InChI=1S/C10H17NO/c12-10-9(6-3-7-11-10)8-4-1-2-5-8/h8-9H,1-7H2,(H,11,12)/t9-/m0/s1. The lowest BCUT2D eigenvalue weighted by molar-refractivity contribution is -0.128. The van der Waals surface area contributed by atoms with Crippen LogP contribution in [0.15, 0.2) is 0 Å². The lowest BCUT2D eigenvalue weighted by Gasteiger charge is -2.26. The molecule has 1 amide bonds. The highest BCUT2D eigenvalue weighted by Gasteiger charge is 2.31. The van der Waals surface area contributed by atoms with E-state index in [4.69, 9.17) is 0 Å². The topological polar surface area (TPSA) is 29.1 Å². The lowest BCUT2D eigenvalue weighted by atomic mass is 9.84. The Morgan fingerprint density at radius 1 is 1.08 bits per heavy atom. The summed E-state index contributed by atoms with van der Waals surface area (Å²) in [7, 11) is 0. The molecule has 1 aliphatic heterocycles. The molecule has 1 atom stereocenters. The van der Waals surface area contributed by atoms with Gasteiger partial charge in [0.05, 0.1) is 0 Å². The van der Waals surface area contributed by atoms with E-state index in [0.717, 1.165) is 13.0 Å². The molecule has 2 fully saturated rings. The van der Waals surface area contributed by atoms with Gasteiger partial charge in [-0.05, 0) is 31.6 Å². The molecular formula is C10H17NO. The Morgan fingerprint density at radius 2 is 1.83 bits per heavy atom. The highest BCUT2D eigenvalue weighted by Crippen LogP contribution is 2.34. The van der Waals surface area contributed by atoms with Crippen LogP contribution < -0.4 is 5.32 Å². The maximum atomic E-state index is 11.5. The zero-order chi connectivity index (χ0) is 8.39. The Hall–Kier alpha value is -0.530. The number of nitrogens with one attached hydrogen (secondary N) is 1. The Bertz CT molecular complexity index is 173. The predicted octanol–water partition coefficient (Wildman–Crippen LogP) is 1.70. The smallest absolute Gasteiger partial charge is 0.223 e. The van der Waals surface area contributed by atoms with Crippen LogP contribution >= 0.6 is 0 Å². The van der Waals surface area contributed by atoms with E-state index >= 15 is 0 Å². The van der Waals surface area contributed by atoms with E-state index in [-0.39, 0.29) is 0 Å². The number of carbonyl (C=O) groups excluding carboxylic acids is 1. The van der Waals surface area contributed by atoms with Crippen LogP contribution in [-0.2, 0) is 4.79 Å². The van der Waals surface area contributed by atoms with Crippen molar-refractivity contribution < 1.29 is 4.79 Å². The number of amides is 1. The van der Waals surface area contributed by atoms with Gasteiger partial charge in [0.15, 0.2) is 0 Å². The fourth-order valence-corrected chi connectivity index (χ4v) is 2.61. The van der Waals surface area contributed by atoms with Gasteiger partial charge in [-0.3, -0.25) is 4.79 Å². The van der Waals surface area contributed by atoms with E-state index in [1.807, 2.05) is 0 Å². The van der Waals surface area contributed by atoms with Gasteiger partial charge >= 0.3 is 0 Å². The molecule has 0 radical (unpaired) electrons. The van der Waals surface area contributed by atoms with E-state index in [9.17, 15) is 4.79 Å². The minimum Gasteiger partial charge on any atom is -0.356 e. The predicted molar refractivity (Wildman–Crippen MR) is 47.7 cm³/mol. The molecule has 2 aliphatic rings. The van der Waals surface area contributed by atoms with E-state index in [1.54, 1.807) is 0 Å². The second kappa shape index (κ2) is 3.46. The third kappa shape index (κ3) is 1.47. The van der Waals surface area contributed by atoms with Crippen molar-refractivity contribution in [2.24, 2.45) is 11.8 Å². The number of piperidine rings is 1. The van der Waals surface area contributed by atoms with Crippen molar-refractivity contribution in [1.29, 1.82) is 0 Å². The van der Waals surface area contributed by atoms with E-state index in [1.165, 1.54) is 32.1 Å². The average molecular weight is 167 g/mol. The van der Waals surface area contributed by atoms with Gasteiger partial charge < -0.3 is 5.32 Å². The molecule has 0 aromatic rings. The lowest BCUT2D eigenvalue weighted by Crippen LogP contribution is -2.39. The molecule has 1 aliphatic carbocycles. The Labute approximate surface area is 73.7 Å². The molecule has 1 saturated carbocycles. The van der Waals surface area contributed by atoms with E-state index in [0.29, 0.717) is 17.7 Å². The number of hydrogen-bond donors (Lipinski definition) is 1. The summed E-state index contributed by atoms with van der Waals surface area (Å²) in [5.41, 5.74) is 0. The summed E-state index contributed by atoms with van der Waals surface area (Å²) in [6.45, 7) is 0.905. The SMILES string of the molecule is O=C1NCCC[C@H]1C1CCCC1. The highest BCUT2D eigenvalue weighted by atomic mass is 16.1. The molecule has 0 unspecified atom stereocenters. The first-order valence-electron chi connectivity index (χ1n) is 5.15. The minimum absolute atomic E-state index is 0.327. The van der Waals surface area contributed by atoms with Gasteiger partial charge in [-0.25, -0.2) is 0 Å². The van der Waals surface area contributed by atoms with Gasteiger partial charge in [0.2, 0.25) is 5.91 Å². The monoisotopic (exact) mass is 167 g/mol. The van der Waals surface area contributed by atoms with Crippen molar-refractivity contribution >= 4 is 5.91 Å². The fourth-order valence-electron chi connectivity index (χ4n) is 2.61. The quantitative estimate of drug-likeness (QED) is 0.632. The Kier molecular flexibility index (Phi) is 2.33. The van der Waals surface area contributed by atoms with Crippen molar-refractivity contribution in [1.82, 2.24) is 5.32 Å². The molecule has 1 heterocycles. The summed E-state index contributed by atoms with van der Waals surface area (Å²) in [5, 5.41) is 2.97. The van der Waals surface area contributed by atoms with Gasteiger partial charge in [0.1, 0.15) is 0 Å². The minimum atomic E-state index is 0.327. The fraction of sp³-hybridized carbons (Fsp3) is 0.900. The van der Waals surface area contributed by atoms with Gasteiger partial charge in [-0.15, -0.1) is 0 Å². The van der Waals surface area contributed by atoms with Gasteiger partial charge in [-0.2, -0.15) is 0 Å². The molecule has 12 heavy (non-hydrogen) atoms. The molecule has 68 valence electrons. The van der Waals surface area contributed by atoms with E-state index in [2.05, 4.69) is 5.32 Å². The number of carbonyl (C=O) groups is 1. The number of rotatable bonds is 1. The zero-order valence-corrected chi connectivity index (χ0v) is 7.51. The Morgan fingerprint density at radius 3 is 2.50 bits per heavy atom. The zero-order valence-electron chi connectivity index (χ0n) is 7.51. The first-order chi connectivity index (χ1) is 5.88. The van der Waals surface area contributed by atoms with Gasteiger partial charge in [0.25, 0.3) is 0 Å². The molecule has 0 aromatic carbocycles. The number of hydrogen-bond acceptors (Lipinski definition) is 1. The van der Waals surface area contributed by atoms with Crippen LogP contribution in [0.5, 0.6) is 0 Å². The van der Waals surface area contributed by atoms with Crippen LogP contribution in [0.2, 0.25) is 0 Å². The summed E-state index contributed by atoms with van der Waals surface area (Å²) in [5.74, 6) is 1.40. The second-order valence-electron chi connectivity index (χ2n) is 4.08. The molecule has 2 heteroatoms. The molecule has 0 bridgehead atoms. The summed E-state index contributed by atoms with van der Waals surface area (Å²) in [6.07, 6.45) is 7.59. The van der Waals surface area contributed by atoms with Gasteiger partial charge in [0, 0.05) is 12.5 Å². The van der Waals surface area contributed by atoms with Crippen molar-refractivity contribution in [2.75, 3.05) is 6.54 Å². The van der Waals surface area contributed by atoms with Crippen LogP contribution in [0.1, 0.15) is 38.5 Å². The van der Waals surface area contributed by atoms with Crippen LogP contribution in [0.4, 0.5) is 0 Å². The molecule has 2 rings (SSSR count). The molecule has 0 spiro atoms. The average Bonchev–Trinajstić information content (AvgIpc) is 2.57. The van der Waals surface area contributed by atoms with Crippen LogP contribution in [0, 0.1) is 11.8 Å². The molecular weight excluding hydrogens is 150 g/mol. The molecule has 1 N–H and O–H groups in total. The van der Waals surface area contributed by atoms with Crippen LogP contribution in [-0.4, -0.2) is 12.5 Å². The molecule has 2 nitrogen and oxygen atoms in total. The Balaban J connectivity index is 1.95. The third-order valence-corrected chi connectivity index (χ3v) is 3.30. The van der Waals surface area contributed by atoms with Crippen molar-refractivity contribution in [3.8, 4) is 0 Å². The second-order valence-corrected chi connectivity index (χ2v) is 4.08. The van der Waals surface area contributed by atoms with E-state index < -0.39 is 0 Å². The highest BCUT2D eigenvalue weighted by molar-refractivity contribution is 5.79. The molecule has 0 aromatic heterocycles. The first kappa shape index (κ1) is 8.09. The molecule has 1 saturated heterocycles. The normalized spacial score (nSPS) is 32.0.